The molecule has 1 saturated carbocycles. The molecule has 1 N–H and O–H groups in total. The molecule has 1 aliphatic carbocycles. The first kappa shape index (κ1) is 16.8. The number of nitrogens with zero attached hydrogens (tertiary/aromatic N) is 2. The van der Waals surface area contributed by atoms with Crippen molar-refractivity contribution in [1.29, 1.82) is 0 Å². The van der Waals surface area contributed by atoms with Gasteiger partial charge in [-0.25, -0.2) is 4.98 Å². The number of aromatic amines is 1. The zero-order valence-corrected chi connectivity index (χ0v) is 15.9. The second-order valence-corrected chi connectivity index (χ2v) is 8.12. The SMILES string of the molecule is Clc1ccc2[nH]c(CC3CCC(c4cccc5ncccc45)CC3)nc2c1. The molecule has 0 bridgehead atoms. The lowest BCUT2D eigenvalue weighted by Gasteiger charge is -2.29. The van der Waals surface area contributed by atoms with Crippen LogP contribution < -0.4 is 0 Å². The van der Waals surface area contributed by atoms with E-state index in [-0.39, 0.29) is 0 Å². The third-order valence-corrected chi connectivity index (χ3v) is 6.18. The highest BCUT2D eigenvalue weighted by molar-refractivity contribution is 6.31. The number of fused-ring (bicyclic) bond motifs is 2. The summed E-state index contributed by atoms with van der Waals surface area (Å²) in [7, 11) is 0. The first-order valence-electron chi connectivity index (χ1n) is 9.74. The number of hydrogen-bond donors (Lipinski definition) is 1. The van der Waals surface area contributed by atoms with E-state index in [0.29, 0.717) is 11.8 Å². The Balaban J connectivity index is 1.29. The third kappa shape index (κ3) is 3.32. The van der Waals surface area contributed by atoms with Crippen molar-refractivity contribution in [3.63, 3.8) is 0 Å². The molecular formula is C23H22ClN3. The van der Waals surface area contributed by atoms with Gasteiger partial charge < -0.3 is 4.98 Å². The summed E-state index contributed by atoms with van der Waals surface area (Å²) in [5.41, 5.74) is 4.62. The van der Waals surface area contributed by atoms with Crippen LogP contribution in [0.3, 0.4) is 0 Å². The fraction of sp³-hybridized carbons (Fsp3) is 0.304. The van der Waals surface area contributed by atoms with Gasteiger partial charge in [-0.3, -0.25) is 4.98 Å². The van der Waals surface area contributed by atoms with Gasteiger partial charge in [-0.2, -0.15) is 0 Å². The van der Waals surface area contributed by atoms with Crippen LogP contribution in [0.15, 0.2) is 54.7 Å². The van der Waals surface area contributed by atoms with E-state index in [4.69, 9.17) is 16.6 Å². The Morgan fingerprint density at radius 3 is 2.74 bits per heavy atom. The lowest BCUT2D eigenvalue weighted by atomic mass is 9.76. The Kier molecular flexibility index (Phi) is 4.33. The van der Waals surface area contributed by atoms with E-state index in [1.54, 1.807) is 0 Å². The fourth-order valence-electron chi connectivity index (χ4n) is 4.56. The Hall–Kier alpha value is -2.39. The molecule has 1 aliphatic rings. The lowest BCUT2D eigenvalue weighted by Crippen LogP contribution is -2.16. The minimum Gasteiger partial charge on any atom is -0.342 e. The molecule has 0 unspecified atom stereocenters. The highest BCUT2D eigenvalue weighted by atomic mass is 35.5. The number of benzene rings is 2. The summed E-state index contributed by atoms with van der Waals surface area (Å²) in [4.78, 5) is 12.7. The Morgan fingerprint density at radius 1 is 0.963 bits per heavy atom. The molecule has 0 radical (unpaired) electrons. The molecule has 4 heteroatoms. The molecule has 136 valence electrons. The standard InChI is InChI=1S/C23H22ClN3/c24-17-10-11-21-22(14-17)27-23(26-21)13-15-6-8-16(9-7-15)18-3-1-5-20-19(18)4-2-12-25-20/h1-5,10-12,14-16H,6-9,13H2,(H,26,27). The molecule has 5 rings (SSSR count). The van der Waals surface area contributed by atoms with Crippen LogP contribution in [-0.4, -0.2) is 15.0 Å². The second kappa shape index (κ2) is 6.97. The van der Waals surface area contributed by atoms with Crippen molar-refractivity contribution in [2.45, 2.75) is 38.0 Å². The van der Waals surface area contributed by atoms with E-state index < -0.39 is 0 Å². The van der Waals surface area contributed by atoms with Crippen molar-refractivity contribution >= 4 is 33.5 Å². The number of hydrogen-bond acceptors (Lipinski definition) is 2. The van der Waals surface area contributed by atoms with Crippen molar-refractivity contribution in [3.8, 4) is 0 Å². The first-order valence-corrected chi connectivity index (χ1v) is 10.1. The zero-order valence-electron chi connectivity index (χ0n) is 15.2. The number of imidazole rings is 1. The fourth-order valence-corrected chi connectivity index (χ4v) is 4.73. The average molecular weight is 376 g/mol. The molecular weight excluding hydrogens is 354 g/mol. The molecule has 1 fully saturated rings. The third-order valence-electron chi connectivity index (χ3n) is 5.94. The summed E-state index contributed by atoms with van der Waals surface area (Å²) in [6.07, 6.45) is 7.88. The van der Waals surface area contributed by atoms with E-state index in [2.05, 4.69) is 34.2 Å². The van der Waals surface area contributed by atoms with Crippen LogP contribution in [-0.2, 0) is 6.42 Å². The Labute approximate surface area is 163 Å². The van der Waals surface area contributed by atoms with Gasteiger partial charge in [0, 0.05) is 23.0 Å². The number of rotatable bonds is 3. The van der Waals surface area contributed by atoms with Gasteiger partial charge in [0.1, 0.15) is 5.82 Å². The lowest BCUT2D eigenvalue weighted by molar-refractivity contribution is 0.322. The van der Waals surface area contributed by atoms with E-state index in [9.17, 15) is 0 Å². The van der Waals surface area contributed by atoms with Crippen LogP contribution >= 0.6 is 11.6 Å². The normalized spacial score (nSPS) is 20.3. The van der Waals surface area contributed by atoms with Crippen LogP contribution in [0.1, 0.15) is 43.0 Å². The van der Waals surface area contributed by atoms with E-state index >= 15 is 0 Å². The van der Waals surface area contributed by atoms with Gasteiger partial charge in [0.05, 0.1) is 16.6 Å². The van der Waals surface area contributed by atoms with Gasteiger partial charge >= 0.3 is 0 Å². The van der Waals surface area contributed by atoms with Gasteiger partial charge in [0.15, 0.2) is 0 Å². The monoisotopic (exact) mass is 375 g/mol. The zero-order chi connectivity index (χ0) is 18.2. The van der Waals surface area contributed by atoms with Crippen LogP contribution in [0.4, 0.5) is 0 Å². The van der Waals surface area contributed by atoms with Gasteiger partial charge in [-0.15, -0.1) is 0 Å². The molecule has 0 spiro atoms. The van der Waals surface area contributed by atoms with Gasteiger partial charge in [-0.05, 0) is 73.4 Å². The smallest absolute Gasteiger partial charge is 0.107 e. The van der Waals surface area contributed by atoms with Crippen LogP contribution in [0.2, 0.25) is 5.02 Å². The predicted octanol–water partition coefficient (Wildman–Crippen LogP) is 6.28. The Bertz CT molecular complexity index is 1090. The summed E-state index contributed by atoms with van der Waals surface area (Å²) in [5, 5.41) is 2.06. The average Bonchev–Trinajstić information content (AvgIpc) is 3.09. The van der Waals surface area contributed by atoms with Crippen molar-refractivity contribution in [2.24, 2.45) is 5.92 Å². The summed E-state index contributed by atoms with van der Waals surface area (Å²) < 4.78 is 0. The van der Waals surface area contributed by atoms with Crippen molar-refractivity contribution < 1.29 is 0 Å². The maximum absolute atomic E-state index is 6.08. The number of pyridine rings is 1. The highest BCUT2D eigenvalue weighted by Crippen LogP contribution is 2.39. The second-order valence-electron chi connectivity index (χ2n) is 7.68. The topological polar surface area (TPSA) is 41.6 Å². The quantitative estimate of drug-likeness (QED) is 0.457. The first-order chi connectivity index (χ1) is 13.3. The molecule has 4 aromatic rings. The molecule has 0 aliphatic heterocycles. The molecule has 0 amide bonds. The largest absolute Gasteiger partial charge is 0.342 e. The van der Waals surface area contributed by atoms with Crippen LogP contribution in [0.25, 0.3) is 21.9 Å². The summed E-state index contributed by atoms with van der Waals surface area (Å²) in [5.74, 6) is 2.43. The molecule has 2 aromatic heterocycles. The Morgan fingerprint density at radius 2 is 1.85 bits per heavy atom. The van der Waals surface area contributed by atoms with Crippen molar-refractivity contribution in [3.05, 3.63) is 71.1 Å². The molecule has 0 atom stereocenters. The van der Waals surface area contributed by atoms with E-state index in [1.807, 2.05) is 30.5 Å². The van der Waals surface area contributed by atoms with Gasteiger partial charge in [0.25, 0.3) is 0 Å². The molecule has 2 heterocycles. The summed E-state index contributed by atoms with van der Waals surface area (Å²) >= 11 is 6.08. The van der Waals surface area contributed by atoms with Gasteiger partial charge in [-0.1, -0.05) is 29.8 Å². The van der Waals surface area contributed by atoms with E-state index in [0.717, 1.165) is 33.8 Å². The number of halogens is 1. The number of H-pyrrole nitrogens is 1. The summed E-state index contributed by atoms with van der Waals surface area (Å²) in [6, 6.07) is 16.7. The molecule has 0 saturated heterocycles. The molecule has 3 nitrogen and oxygen atoms in total. The maximum atomic E-state index is 6.08. The highest BCUT2D eigenvalue weighted by Gasteiger charge is 2.24. The minimum atomic E-state index is 0.642. The molecule has 2 aromatic carbocycles. The van der Waals surface area contributed by atoms with Crippen molar-refractivity contribution in [1.82, 2.24) is 15.0 Å². The molecule has 27 heavy (non-hydrogen) atoms. The number of nitrogens with one attached hydrogen (secondary N) is 1. The van der Waals surface area contributed by atoms with Gasteiger partial charge in [0.2, 0.25) is 0 Å². The predicted molar refractivity (Wildman–Crippen MR) is 111 cm³/mol. The van der Waals surface area contributed by atoms with Crippen molar-refractivity contribution in [2.75, 3.05) is 0 Å². The van der Waals surface area contributed by atoms with Crippen LogP contribution in [0.5, 0.6) is 0 Å². The van der Waals surface area contributed by atoms with Crippen LogP contribution in [0, 0.1) is 5.92 Å². The minimum absolute atomic E-state index is 0.642. The van der Waals surface area contributed by atoms with E-state index in [1.165, 1.54) is 36.6 Å². The summed E-state index contributed by atoms with van der Waals surface area (Å²) in [6.45, 7) is 0. The maximum Gasteiger partial charge on any atom is 0.107 e. The number of aromatic nitrogens is 3.